The lowest BCUT2D eigenvalue weighted by molar-refractivity contribution is -0.144. The van der Waals surface area contributed by atoms with Gasteiger partial charge in [-0.3, -0.25) is 9.69 Å². The number of carboxylic acids is 1. The fourth-order valence-corrected chi connectivity index (χ4v) is 3.46. The van der Waals surface area contributed by atoms with Crippen LogP contribution in [0.3, 0.4) is 0 Å². The van der Waals surface area contributed by atoms with Gasteiger partial charge in [-0.2, -0.15) is 5.26 Å². The molecule has 168 valence electrons. The van der Waals surface area contributed by atoms with Crippen LogP contribution in [0, 0.1) is 22.6 Å². The van der Waals surface area contributed by atoms with Crippen LogP contribution in [0.5, 0.6) is 5.75 Å². The molecule has 1 aliphatic heterocycles. The number of nitrogens with zero attached hydrogens (tertiary/aromatic N) is 3. The van der Waals surface area contributed by atoms with Crippen molar-refractivity contribution in [2.45, 2.75) is 45.8 Å². The molecular formula is C22H28FN3O5. The fourth-order valence-electron chi connectivity index (χ4n) is 3.46. The molecular weight excluding hydrogens is 405 g/mol. The van der Waals surface area contributed by atoms with Crippen molar-refractivity contribution in [1.82, 2.24) is 9.80 Å². The van der Waals surface area contributed by atoms with Crippen molar-refractivity contribution in [3.8, 4) is 11.8 Å². The molecule has 0 radical (unpaired) electrons. The van der Waals surface area contributed by atoms with Gasteiger partial charge in [0.05, 0.1) is 5.56 Å². The van der Waals surface area contributed by atoms with E-state index in [9.17, 15) is 24.3 Å². The first kappa shape index (κ1) is 22.8. The molecule has 1 saturated heterocycles. The summed E-state index contributed by atoms with van der Waals surface area (Å²) in [6.45, 7) is 7.75. The SMILES string of the molecule is CC(C)(C)OC(=O)N1CCN(Cc2cc(F)cc(C#N)c2OCC2(C(=O)O)CC2)CC1. The summed E-state index contributed by atoms with van der Waals surface area (Å²) in [6.07, 6.45) is 0.679. The van der Waals surface area contributed by atoms with Crippen LogP contribution < -0.4 is 4.74 Å². The highest BCUT2D eigenvalue weighted by molar-refractivity contribution is 5.78. The third-order valence-electron chi connectivity index (χ3n) is 5.47. The maximum Gasteiger partial charge on any atom is 0.410 e. The summed E-state index contributed by atoms with van der Waals surface area (Å²) >= 11 is 0. The average molecular weight is 433 g/mol. The maximum atomic E-state index is 14.1. The zero-order chi connectivity index (χ0) is 22.8. The Morgan fingerprint density at radius 1 is 1.23 bits per heavy atom. The number of hydrogen-bond acceptors (Lipinski definition) is 6. The number of aliphatic carboxylic acids is 1. The number of benzene rings is 1. The lowest BCUT2D eigenvalue weighted by Crippen LogP contribution is -2.49. The number of halogens is 1. The van der Waals surface area contributed by atoms with E-state index < -0.39 is 22.8 Å². The number of hydrogen-bond donors (Lipinski definition) is 1. The van der Waals surface area contributed by atoms with Crippen molar-refractivity contribution >= 4 is 12.1 Å². The van der Waals surface area contributed by atoms with Crippen LogP contribution in [0.4, 0.5) is 9.18 Å². The van der Waals surface area contributed by atoms with Crippen LogP contribution in [0.15, 0.2) is 12.1 Å². The van der Waals surface area contributed by atoms with Crippen LogP contribution in [0.2, 0.25) is 0 Å². The van der Waals surface area contributed by atoms with Gasteiger partial charge in [0.1, 0.15) is 35.3 Å². The highest BCUT2D eigenvalue weighted by atomic mass is 19.1. The monoisotopic (exact) mass is 433 g/mol. The zero-order valence-electron chi connectivity index (χ0n) is 18.1. The van der Waals surface area contributed by atoms with Gasteiger partial charge in [-0.1, -0.05) is 0 Å². The Balaban J connectivity index is 1.67. The summed E-state index contributed by atoms with van der Waals surface area (Å²) < 4.78 is 25.3. The lowest BCUT2D eigenvalue weighted by Gasteiger charge is -2.35. The van der Waals surface area contributed by atoms with Gasteiger partial charge in [-0.15, -0.1) is 0 Å². The lowest BCUT2D eigenvalue weighted by atomic mass is 10.1. The molecule has 1 aromatic carbocycles. The van der Waals surface area contributed by atoms with Gasteiger partial charge in [0.2, 0.25) is 0 Å². The van der Waals surface area contributed by atoms with E-state index in [0.29, 0.717) is 51.1 Å². The molecule has 0 aromatic heterocycles. The molecule has 1 aliphatic carbocycles. The van der Waals surface area contributed by atoms with E-state index in [1.165, 1.54) is 6.07 Å². The van der Waals surface area contributed by atoms with Gasteiger partial charge in [0, 0.05) is 38.3 Å². The van der Waals surface area contributed by atoms with Crippen LogP contribution in [0.25, 0.3) is 0 Å². The molecule has 31 heavy (non-hydrogen) atoms. The van der Waals surface area contributed by atoms with E-state index in [0.717, 1.165) is 6.07 Å². The summed E-state index contributed by atoms with van der Waals surface area (Å²) in [4.78, 5) is 27.3. The number of rotatable bonds is 6. The predicted molar refractivity (Wildman–Crippen MR) is 109 cm³/mol. The van der Waals surface area contributed by atoms with Crippen LogP contribution in [-0.2, 0) is 16.1 Å². The third-order valence-corrected chi connectivity index (χ3v) is 5.47. The second-order valence-corrected chi connectivity index (χ2v) is 9.17. The maximum absolute atomic E-state index is 14.1. The molecule has 2 aliphatic rings. The van der Waals surface area contributed by atoms with Gasteiger partial charge < -0.3 is 19.5 Å². The first-order valence-electron chi connectivity index (χ1n) is 10.3. The minimum absolute atomic E-state index is 0.0450. The number of amides is 1. The van der Waals surface area contributed by atoms with E-state index in [2.05, 4.69) is 0 Å². The van der Waals surface area contributed by atoms with Crippen LogP contribution in [-0.4, -0.2) is 65.4 Å². The molecule has 1 heterocycles. The molecule has 1 saturated carbocycles. The number of carbonyl (C=O) groups excluding carboxylic acids is 1. The molecule has 1 aromatic rings. The number of carboxylic acid groups (broad SMARTS) is 1. The van der Waals surface area contributed by atoms with Gasteiger partial charge in [-0.25, -0.2) is 9.18 Å². The molecule has 0 unspecified atom stereocenters. The van der Waals surface area contributed by atoms with Crippen LogP contribution in [0.1, 0.15) is 44.7 Å². The molecule has 0 atom stereocenters. The van der Waals surface area contributed by atoms with E-state index in [4.69, 9.17) is 9.47 Å². The Bertz CT molecular complexity index is 894. The molecule has 0 bridgehead atoms. The Kier molecular flexibility index (Phi) is 6.41. The van der Waals surface area contributed by atoms with Crippen molar-refractivity contribution in [2.75, 3.05) is 32.8 Å². The molecule has 1 N–H and O–H groups in total. The predicted octanol–water partition coefficient (Wildman–Crippen LogP) is 2.99. The summed E-state index contributed by atoms with van der Waals surface area (Å²) in [6, 6.07) is 4.36. The minimum Gasteiger partial charge on any atom is -0.491 e. The largest absolute Gasteiger partial charge is 0.491 e. The number of ether oxygens (including phenoxy) is 2. The average Bonchev–Trinajstić information content (AvgIpc) is 3.47. The zero-order valence-corrected chi connectivity index (χ0v) is 18.1. The van der Waals surface area contributed by atoms with Gasteiger partial charge in [-0.05, 0) is 45.7 Å². The topological polar surface area (TPSA) is 103 Å². The molecule has 9 heteroatoms. The molecule has 2 fully saturated rings. The number of carbonyl (C=O) groups is 2. The van der Waals surface area contributed by atoms with Gasteiger partial charge in [0.25, 0.3) is 0 Å². The summed E-state index contributed by atoms with van der Waals surface area (Å²) in [5.74, 6) is -1.25. The quantitative estimate of drug-likeness (QED) is 0.736. The number of nitriles is 1. The molecule has 8 nitrogen and oxygen atoms in total. The summed E-state index contributed by atoms with van der Waals surface area (Å²) in [7, 11) is 0. The third kappa shape index (κ3) is 5.64. The van der Waals surface area contributed by atoms with Crippen LogP contribution >= 0.6 is 0 Å². The number of piperazine rings is 1. The Morgan fingerprint density at radius 2 is 1.87 bits per heavy atom. The van der Waals surface area contributed by atoms with Crippen molar-refractivity contribution in [3.05, 3.63) is 29.1 Å². The summed E-state index contributed by atoms with van der Waals surface area (Å²) in [5.41, 5.74) is -0.950. The van der Waals surface area contributed by atoms with Crippen molar-refractivity contribution in [2.24, 2.45) is 5.41 Å². The highest BCUT2D eigenvalue weighted by Gasteiger charge is 2.51. The Hall–Kier alpha value is -2.86. The van der Waals surface area contributed by atoms with Crippen molar-refractivity contribution in [3.63, 3.8) is 0 Å². The molecule has 3 rings (SSSR count). The van der Waals surface area contributed by atoms with Crippen molar-refractivity contribution in [1.29, 1.82) is 5.26 Å². The fraction of sp³-hybridized carbons (Fsp3) is 0.591. The standard InChI is InChI=1S/C22H28FN3O5/c1-21(2,3)31-20(29)26-8-6-25(7-9-26)13-16-11-17(23)10-15(12-24)18(16)30-14-22(4-5-22)19(27)28/h10-11H,4-9,13-14H2,1-3H3,(H,27,28). The van der Waals surface area contributed by atoms with E-state index in [-0.39, 0.29) is 24.0 Å². The smallest absolute Gasteiger partial charge is 0.410 e. The normalized spacial score (nSPS) is 18.2. The Labute approximate surface area is 181 Å². The second-order valence-electron chi connectivity index (χ2n) is 9.17. The Morgan fingerprint density at radius 3 is 2.39 bits per heavy atom. The van der Waals surface area contributed by atoms with Crippen molar-refractivity contribution < 1.29 is 28.6 Å². The van der Waals surface area contributed by atoms with E-state index >= 15 is 0 Å². The van der Waals surface area contributed by atoms with E-state index in [1.807, 2.05) is 31.7 Å². The highest BCUT2D eigenvalue weighted by Crippen LogP contribution is 2.46. The first-order chi connectivity index (χ1) is 14.5. The molecule has 0 spiro atoms. The summed E-state index contributed by atoms with van der Waals surface area (Å²) in [5, 5.41) is 18.8. The minimum atomic E-state index is -0.923. The first-order valence-corrected chi connectivity index (χ1v) is 10.3. The van der Waals surface area contributed by atoms with Gasteiger partial charge in [0.15, 0.2) is 0 Å². The van der Waals surface area contributed by atoms with Gasteiger partial charge >= 0.3 is 12.1 Å². The van der Waals surface area contributed by atoms with E-state index in [1.54, 1.807) is 4.90 Å². The second kappa shape index (κ2) is 8.71. The molecule has 1 amide bonds.